The van der Waals surface area contributed by atoms with Gasteiger partial charge in [-0.15, -0.1) is 0 Å². The molecule has 0 bridgehead atoms. The molecule has 1 rings (SSSR count). The molecule has 1 aromatic carbocycles. The fraction of sp³-hybridized carbons (Fsp3) is 0.600. The van der Waals surface area contributed by atoms with Gasteiger partial charge in [0, 0.05) is 18.7 Å². The minimum absolute atomic E-state index is 0.279. The van der Waals surface area contributed by atoms with Gasteiger partial charge in [-0.25, -0.2) is 4.39 Å². The number of rotatable bonds is 9. The number of unbranched alkanes of at least 4 members (excludes halogenated alkanes) is 2. The smallest absolute Gasteiger partial charge is 0.136 e. The Hall–Kier alpha value is -0.610. The summed E-state index contributed by atoms with van der Waals surface area (Å²) in [6.45, 7) is 5.72. The fourth-order valence-corrected chi connectivity index (χ4v) is 2.22. The van der Waals surface area contributed by atoms with Gasteiger partial charge in [0.1, 0.15) is 18.2 Å². The summed E-state index contributed by atoms with van der Waals surface area (Å²) in [5.41, 5.74) is 0. The molecule has 0 aliphatic rings. The quantitative estimate of drug-likeness (QED) is 0.671. The van der Waals surface area contributed by atoms with Gasteiger partial charge in [-0.2, -0.15) is 0 Å². The van der Waals surface area contributed by atoms with E-state index in [4.69, 9.17) is 4.74 Å². The van der Waals surface area contributed by atoms with Crippen molar-refractivity contribution in [1.29, 1.82) is 0 Å². The molecular weight excluding hydrogens is 309 g/mol. The Morgan fingerprint density at radius 2 is 2.16 bits per heavy atom. The van der Waals surface area contributed by atoms with Crippen molar-refractivity contribution >= 4 is 15.9 Å². The van der Waals surface area contributed by atoms with Crippen LogP contribution in [0.25, 0.3) is 0 Å². The third-order valence-corrected chi connectivity index (χ3v) is 3.64. The van der Waals surface area contributed by atoms with Gasteiger partial charge in [0.25, 0.3) is 0 Å². The van der Waals surface area contributed by atoms with E-state index in [0.717, 1.165) is 11.0 Å². The first-order valence-corrected chi connectivity index (χ1v) is 7.74. The van der Waals surface area contributed by atoms with Crippen molar-refractivity contribution in [1.82, 2.24) is 5.32 Å². The molecule has 0 aliphatic heterocycles. The number of benzene rings is 1. The summed E-state index contributed by atoms with van der Waals surface area (Å²) in [7, 11) is 0. The summed E-state index contributed by atoms with van der Waals surface area (Å²) in [5.74, 6) is 0.277. The molecule has 0 radical (unpaired) electrons. The molecule has 0 aliphatic carbocycles. The topological polar surface area (TPSA) is 21.3 Å². The summed E-state index contributed by atoms with van der Waals surface area (Å²) in [5, 5.41) is 3.41. The van der Waals surface area contributed by atoms with E-state index in [1.807, 2.05) is 0 Å². The van der Waals surface area contributed by atoms with Crippen LogP contribution >= 0.6 is 15.9 Å². The lowest BCUT2D eigenvalue weighted by Crippen LogP contribution is -2.30. The Bertz CT molecular complexity index is 373. The summed E-state index contributed by atoms with van der Waals surface area (Å²) in [4.78, 5) is 0. The van der Waals surface area contributed by atoms with Crippen LogP contribution in [0.5, 0.6) is 5.75 Å². The number of hydrogen-bond donors (Lipinski definition) is 1. The average molecular weight is 332 g/mol. The third-order valence-electron chi connectivity index (χ3n) is 2.99. The van der Waals surface area contributed by atoms with Crippen LogP contribution in [0.1, 0.15) is 39.5 Å². The van der Waals surface area contributed by atoms with Crippen molar-refractivity contribution in [3.8, 4) is 5.75 Å². The molecule has 0 heterocycles. The van der Waals surface area contributed by atoms with Crippen molar-refractivity contribution < 1.29 is 9.13 Å². The summed E-state index contributed by atoms with van der Waals surface area (Å²) in [6, 6.07) is 4.97. The largest absolute Gasteiger partial charge is 0.491 e. The predicted molar refractivity (Wildman–Crippen MR) is 81.2 cm³/mol. The van der Waals surface area contributed by atoms with Crippen LogP contribution in [-0.4, -0.2) is 19.2 Å². The number of hydrogen-bond acceptors (Lipinski definition) is 2. The highest BCUT2D eigenvalue weighted by molar-refractivity contribution is 9.10. The molecule has 4 heteroatoms. The van der Waals surface area contributed by atoms with E-state index >= 15 is 0 Å². The Morgan fingerprint density at radius 3 is 2.89 bits per heavy atom. The second-order valence-corrected chi connectivity index (χ2v) is 5.63. The Labute approximate surface area is 123 Å². The Kier molecular flexibility index (Phi) is 8.07. The highest BCUT2D eigenvalue weighted by Crippen LogP contribution is 2.25. The van der Waals surface area contributed by atoms with Crippen LogP contribution in [0.4, 0.5) is 4.39 Å². The average Bonchev–Trinajstić information content (AvgIpc) is 2.39. The van der Waals surface area contributed by atoms with E-state index in [1.54, 1.807) is 6.07 Å². The maximum Gasteiger partial charge on any atom is 0.136 e. The van der Waals surface area contributed by atoms with Crippen LogP contribution in [0, 0.1) is 5.82 Å². The zero-order chi connectivity index (χ0) is 14.1. The van der Waals surface area contributed by atoms with Crippen molar-refractivity contribution in [2.75, 3.05) is 13.2 Å². The lowest BCUT2D eigenvalue weighted by molar-refractivity contribution is 0.301. The van der Waals surface area contributed by atoms with Crippen LogP contribution in [-0.2, 0) is 0 Å². The van der Waals surface area contributed by atoms with Crippen molar-refractivity contribution in [2.24, 2.45) is 0 Å². The minimum atomic E-state index is -0.279. The van der Waals surface area contributed by atoms with Crippen molar-refractivity contribution in [3.63, 3.8) is 0 Å². The van der Waals surface area contributed by atoms with Crippen LogP contribution in [0.15, 0.2) is 22.7 Å². The zero-order valence-electron chi connectivity index (χ0n) is 11.7. The molecule has 1 unspecified atom stereocenters. The number of halogens is 2. The molecule has 0 spiro atoms. The predicted octanol–water partition coefficient (Wildman–Crippen LogP) is 4.53. The molecule has 0 fully saturated rings. The molecule has 0 aromatic heterocycles. The van der Waals surface area contributed by atoms with Gasteiger partial charge >= 0.3 is 0 Å². The number of nitrogens with one attached hydrogen (secondary N) is 1. The van der Waals surface area contributed by atoms with Gasteiger partial charge in [-0.3, -0.25) is 0 Å². The van der Waals surface area contributed by atoms with Crippen molar-refractivity contribution in [3.05, 3.63) is 28.5 Å². The standard InChI is InChI=1S/C15H23BrFNO/c1-3-4-5-6-12(2)18-9-10-19-15-11-13(17)7-8-14(15)16/h7-8,11-12,18H,3-6,9-10H2,1-2H3. The summed E-state index contributed by atoms with van der Waals surface area (Å²) < 4.78 is 19.4. The number of ether oxygens (including phenoxy) is 1. The maximum absolute atomic E-state index is 13.0. The Morgan fingerprint density at radius 1 is 1.37 bits per heavy atom. The first-order chi connectivity index (χ1) is 9.13. The first kappa shape index (κ1) is 16.4. The summed E-state index contributed by atoms with van der Waals surface area (Å²) >= 11 is 3.34. The van der Waals surface area contributed by atoms with Crippen LogP contribution in [0.3, 0.4) is 0 Å². The van der Waals surface area contributed by atoms with Gasteiger partial charge in [-0.05, 0) is 41.4 Å². The normalized spacial score (nSPS) is 12.4. The van der Waals surface area contributed by atoms with Gasteiger partial charge in [0.15, 0.2) is 0 Å². The molecular formula is C15H23BrFNO. The monoisotopic (exact) mass is 331 g/mol. The summed E-state index contributed by atoms with van der Waals surface area (Å²) in [6.07, 6.45) is 5.00. The molecule has 2 nitrogen and oxygen atoms in total. The van der Waals surface area contributed by atoms with Crippen molar-refractivity contribution in [2.45, 2.75) is 45.6 Å². The molecule has 1 N–H and O–H groups in total. The van der Waals surface area contributed by atoms with E-state index in [2.05, 4.69) is 35.1 Å². The highest BCUT2D eigenvalue weighted by Gasteiger charge is 2.04. The minimum Gasteiger partial charge on any atom is -0.491 e. The molecule has 1 atom stereocenters. The fourth-order valence-electron chi connectivity index (χ4n) is 1.86. The van der Waals surface area contributed by atoms with Gasteiger partial charge in [-0.1, -0.05) is 26.2 Å². The first-order valence-electron chi connectivity index (χ1n) is 6.94. The Balaban J connectivity index is 2.18. The van der Waals surface area contributed by atoms with Gasteiger partial charge in [0.05, 0.1) is 4.47 Å². The van der Waals surface area contributed by atoms with Gasteiger partial charge in [0.2, 0.25) is 0 Å². The van der Waals surface area contributed by atoms with Crippen LogP contribution < -0.4 is 10.1 Å². The van der Waals surface area contributed by atoms with E-state index in [-0.39, 0.29) is 5.82 Å². The maximum atomic E-state index is 13.0. The lowest BCUT2D eigenvalue weighted by atomic mass is 10.1. The molecule has 0 saturated heterocycles. The van der Waals surface area contributed by atoms with E-state index in [1.165, 1.54) is 37.8 Å². The van der Waals surface area contributed by atoms with E-state index in [0.29, 0.717) is 18.4 Å². The molecule has 1 aromatic rings. The second kappa shape index (κ2) is 9.32. The molecule has 19 heavy (non-hydrogen) atoms. The SMILES string of the molecule is CCCCCC(C)NCCOc1cc(F)ccc1Br. The van der Waals surface area contributed by atoms with Crippen LogP contribution in [0.2, 0.25) is 0 Å². The zero-order valence-corrected chi connectivity index (χ0v) is 13.3. The molecule has 0 saturated carbocycles. The highest BCUT2D eigenvalue weighted by atomic mass is 79.9. The second-order valence-electron chi connectivity index (χ2n) is 4.77. The van der Waals surface area contributed by atoms with E-state index < -0.39 is 0 Å². The van der Waals surface area contributed by atoms with Gasteiger partial charge < -0.3 is 10.1 Å². The lowest BCUT2D eigenvalue weighted by Gasteiger charge is -2.14. The third kappa shape index (κ3) is 6.92. The molecule has 108 valence electrons. The molecule has 0 amide bonds. The van der Waals surface area contributed by atoms with E-state index in [9.17, 15) is 4.39 Å².